The first-order valence-electron chi connectivity index (χ1n) is 11.0. The molecule has 3 aromatic rings. The number of aliphatic hydroxyl groups is 1. The SMILES string of the molecule is COc1cc([C@H]2/C(=C(\O)c3ccc4c(c3)C[C@@H](C)O4)C(=O)C(=O)N2Cc2ccco2)cc(Br)c1O. The van der Waals surface area contributed by atoms with E-state index in [4.69, 9.17) is 13.9 Å². The van der Waals surface area contributed by atoms with Crippen molar-refractivity contribution in [3.63, 3.8) is 0 Å². The van der Waals surface area contributed by atoms with Crippen LogP contribution in [0.1, 0.15) is 35.4 Å². The molecule has 8 nitrogen and oxygen atoms in total. The smallest absolute Gasteiger partial charge is 0.296 e. The second-order valence-electron chi connectivity index (χ2n) is 8.52. The second kappa shape index (κ2) is 8.81. The van der Waals surface area contributed by atoms with Crippen molar-refractivity contribution < 1.29 is 33.7 Å². The summed E-state index contributed by atoms with van der Waals surface area (Å²) in [6, 6.07) is 10.8. The van der Waals surface area contributed by atoms with E-state index in [0.29, 0.717) is 27.8 Å². The van der Waals surface area contributed by atoms with Crippen molar-refractivity contribution in [3.8, 4) is 17.2 Å². The summed E-state index contributed by atoms with van der Waals surface area (Å²) in [5.41, 5.74) is 1.73. The predicted octanol–water partition coefficient (Wildman–Crippen LogP) is 4.70. The average molecular weight is 540 g/mol. The van der Waals surface area contributed by atoms with Crippen LogP contribution in [-0.4, -0.2) is 40.0 Å². The molecule has 0 aliphatic carbocycles. The van der Waals surface area contributed by atoms with Crippen molar-refractivity contribution in [1.29, 1.82) is 0 Å². The zero-order chi connectivity index (χ0) is 24.9. The molecule has 1 amide bonds. The summed E-state index contributed by atoms with van der Waals surface area (Å²) in [5.74, 6) is -0.627. The number of hydrogen-bond acceptors (Lipinski definition) is 7. The fourth-order valence-corrected chi connectivity index (χ4v) is 5.05. The molecular weight excluding hydrogens is 518 g/mol. The Morgan fingerprint density at radius 3 is 2.74 bits per heavy atom. The fraction of sp³-hybridized carbons (Fsp3) is 0.231. The molecule has 2 atom stereocenters. The van der Waals surface area contributed by atoms with Crippen LogP contribution in [0.2, 0.25) is 0 Å². The zero-order valence-corrected chi connectivity index (χ0v) is 20.5. The highest BCUT2D eigenvalue weighted by Crippen LogP contribution is 2.45. The molecule has 5 rings (SSSR count). The molecule has 3 heterocycles. The molecule has 35 heavy (non-hydrogen) atoms. The number of aromatic hydroxyl groups is 1. The third-order valence-electron chi connectivity index (χ3n) is 6.20. The maximum atomic E-state index is 13.3. The van der Waals surface area contributed by atoms with Crippen LogP contribution in [0.15, 0.2) is 63.2 Å². The molecule has 2 aromatic carbocycles. The van der Waals surface area contributed by atoms with E-state index in [1.54, 1.807) is 36.4 Å². The van der Waals surface area contributed by atoms with Gasteiger partial charge in [-0.1, -0.05) is 0 Å². The van der Waals surface area contributed by atoms with Crippen LogP contribution in [0.25, 0.3) is 5.76 Å². The van der Waals surface area contributed by atoms with Gasteiger partial charge in [-0.25, -0.2) is 0 Å². The van der Waals surface area contributed by atoms with E-state index in [0.717, 1.165) is 11.3 Å². The van der Waals surface area contributed by atoms with Crippen LogP contribution in [0.4, 0.5) is 0 Å². The fourth-order valence-electron chi connectivity index (χ4n) is 4.59. The largest absolute Gasteiger partial charge is 0.507 e. The predicted molar refractivity (Wildman–Crippen MR) is 129 cm³/mol. The second-order valence-corrected chi connectivity index (χ2v) is 9.37. The molecule has 9 heteroatoms. The molecule has 2 aliphatic heterocycles. The molecule has 2 N–H and O–H groups in total. The number of fused-ring (bicyclic) bond motifs is 1. The summed E-state index contributed by atoms with van der Waals surface area (Å²) in [5, 5.41) is 21.7. The zero-order valence-electron chi connectivity index (χ0n) is 18.9. The van der Waals surface area contributed by atoms with Gasteiger partial charge in [0.15, 0.2) is 11.5 Å². The number of amides is 1. The molecule has 1 saturated heterocycles. The first-order chi connectivity index (χ1) is 16.8. The van der Waals surface area contributed by atoms with E-state index in [-0.39, 0.29) is 35.5 Å². The number of carbonyl (C=O) groups excluding carboxylic acids is 2. The number of benzene rings is 2. The Labute approximate surface area is 209 Å². The number of rotatable bonds is 5. The van der Waals surface area contributed by atoms with Gasteiger partial charge in [0, 0.05) is 12.0 Å². The maximum absolute atomic E-state index is 13.3. The van der Waals surface area contributed by atoms with Crippen LogP contribution in [0.3, 0.4) is 0 Å². The number of hydrogen-bond donors (Lipinski definition) is 2. The number of phenolic OH excluding ortho intramolecular Hbond substituents is 1. The van der Waals surface area contributed by atoms with Crippen LogP contribution in [0, 0.1) is 0 Å². The monoisotopic (exact) mass is 539 g/mol. The van der Waals surface area contributed by atoms with Gasteiger partial charge in [0.2, 0.25) is 0 Å². The van der Waals surface area contributed by atoms with E-state index < -0.39 is 17.7 Å². The Hall–Kier alpha value is -3.72. The lowest BCUT2D eigenvalue weighted by Gasteiger charge is -2.25. The standard InChI is InChI=1S/C26H22BrNO7/c1-13-8-15-9-14(5-6-19(15)35-13)23(29)21-22(16-10-18(27)24(30)20(11-16)33-2)28(26(32)25(21)31)12-17-4-3-7-34-17/h3-7,9-11,13,22,29-30H,8,12H2,1-2H3/b23-21+/t13-,22+/m1/s1. The first-order valence-corrected chi connectivity index (χ1v) is 11.7. The highest BCUT2D eigenvalue weighted by molar-refractivity contribution is 9.10. The van der Waals surface area contributed by atoms with Crippen LogP contribution in [0.5, 0.6) is 17.2 Å². The summed E-state index contributed by atoms with van der Waals surface area (Å²) in [7, 11) is 1.40. The van der Waals surface area contributed by atoms with Crippen molar-refractivity contribution in [2.24, 2.45) is 0 Å². The summed E-state index contributed by atoms with van der Waals surface area (Å²) < 4.78 is 16.8. The van der Waals surface area contributed by atoms with Gasteiger partial charge in [0.25, 0.3) is 11.7 Å². The van der Waals surface area contributed by atoms with E-state index >= 15 is 0 Å². The van der Waals surface area contributed by atoms with Crippen molar-refractivity contribution >= 4 is 33.4 Å². The Kier molecular flexibility index (Phi) is 5.80. The molecule has 0 saturated carbocycles. The Bertz CT molecular complexity index is 1360. The van der Waals surface area contributed by atoms with E-state index in [2.05, 4.69) is 15.9 Å². The maximum Gasteiger partial charge on any atom is 0.296 e. The minimum Gasteiger partial charge on any atom is -0.507 e. The molecule has 1 fully saturated rings. The van der Waals surface area contributed by atoms with Gasteiger partial charge in [0.05, 0.1) is 36.0 Å². The molecule has 0 unspecified atom stereocenters. The number of ether oxygens (including phenoxy) is 2. The summed E-state index contributed by atoms with van der Waals surface area (Å²) in [6.45, 7) is 1.96. The minimum absolute atomic E-state index is 0.00930. The molecule has 0 spiro atoms. The van der Waals surface area contributed by atoms with Gasteiger partial charge in [-0.15, -0.1) is 0 Å². The number of methoxy groups -OCH3 is 1. The minimum atomic E-state index is -0.950. The number of nitrogens with zero attached hydrogens (tertiary/aromatic N) is 1. The molecular formula is C26H22BrNO7. The molecule has 2 aliphatic rings. The number of carbonyl (C=O) groups is 2. The number of halogens is 1. The normalized spacial score (nSPS) is 20.7. The first kappa shape index (κ1) is 23.0. The van der Waals surface area contributed by atoms with Crippen LogP contribution < -0.4 is 9.47 Å². The quantitative estimate of drug-likeness (QED) is 0.274. The lowest BCUT2D eigenvalue weighted by molar-refractivity contribution is -0.140. The summed E-state index contributed by atoms with van der Waals surface area (Å²) in [6.07, 6.45) is 2.17. The third-order valence-corrected chi connectivity index (χ3v) is 6.81. The molecule has 180 valence electrons. The lowest BCUT2D eigenvalue weighted by atomic mass is 9.94. The van der Waals surface area contributed by atoms with Gasteiger partial charge in [0.1, 0.15) is 23.4 Å². The summed E-state index contributed by atoms with van der Waals surface area (Å²) >= 11 is 3.31. The van der Waals surface area contributed by atoms with Crippen molar-refractivity contribution in [1.82, 2.24) is 4.90 Å². The van der Waals surface area contributed by atoms with Gasteiger partial charge >= 0.3 is 0 Å². The lowest BCUT2D eigenvalue weighted by Crippen LogP contribution is -2.29. The van der Waals surface area contributed by atoms with Gasteiger partial charge in [-0.2, -0.15) is 0 Å². The third kappa shape index (κ3) is 3.95. The Balaban J connectivity index is 1.68. The van der Waals surface area contributed by atoms with Crippen molar-refractivity contribution in [2.45, 2.75) is 32.0 Å². The highest BCUT2D eigenvalue weighted by Gasteiger charge is 2.47. The van der Waals surface area contributed by atoms with Crippen LogP contribution in [-0.2, 0) is 22.6 Å². The number of aliphatic hydroxyl groups excluding tert-OH is 1. The van der Waals surface area contributed by atoms with E-state index in [1.807, 2.05) is 6.92 Å². The van der Waals surface area contributed by atoms with Gasteiger partial charge in [-0.05, 0) is 76.4 Å². The topological polar surface area (TPSA) is 109 Å². The molecule has 1 aromatic heterocycles. The number of furan rings is 1. The molecule has 0 bridgehead atoms. The van der Waals surface area contributed by atoms with Gasteiger partial charge < -0.3 is 29.0 Å². The van der Waals surface area contributed by atoms with Crippen molar-refractivity contribution in [2.75, 3.05) is 7.11 Å². The number of Topliss-reactive ketones (excluding diaryl/α,β-unsaturated/α-hetero) is 1. The van der Waals surface area contributed by atoms with E-state index in [9.17, 15) is 19.8 Å². The average Bonchev–Trinajstić information content (AvgIpc) is 3.54. The number of ketones is 1. The van der Waals surface area contributed by atoms with Crippen LogP contribution >= 0.6 is 15.9 Å². The summed E-state index contributed by atoms with van der Waals surface area (Å²) in [4.78, 5) is 27.8. The molecule has 0 radical (unpaired) electrons. The van der Waals surface area contributed by atoms with Crippen molar-refractivity contribution in [3.05, 3.63) is 81.2 Å². The Morgan fingerprint density at radius 1 is 1.23 bits per heavy atom. The van der Waals surface area contributed by atoms with E-state index in [1.165, 1.54) is 24.3 Å². The number of likely N-dealkylation sites (tertiary alicyclic amines) is 1. The Morgan fingerprint density at radius 2 is 2.03 bits per heavy atom. The van der Waals surface area contributed by atoms with Gasteiger partial charge in [-0.3, -0.25) is 9.59 Å². The number of phenols is 1. The highest BCUT2D eigenvalue weighted by atomic mass is 79.9.